The number of fused-ring (bicyclic) bond motifs is 1. The Hall–Kier alpha value is -3.06. The maximum atomic E-state index is 12.8. The van der Waals surface area contributed by atoms with Crippen LogP contribution in [0.2, 0.25) is 10.0 Å². The first kappa shape index (κ1) is 18.7. The van der Waals surface area contributed by atoms with Crippen LogP contribution in [0, 0.1) is 0 Å². The minimum absolute atomic E-state index is 0.00927. The van der Waals surface area contributed by atoms with E-state index in [1.807, 2.05) is 0 Å². The second-order valence-electron chi connectivity index (χ2n) is 5.61. The molecule has 27 heavy (non-hydrogen) atoms. The van der Waals surface area contributed by atoms with Crippen LogP contribution in [0.4, 0.5) is 5.69 Å². The summed E-state index contributed by atoms with van der Waals surface area (Å²) in [5.41, 5.74) is 9.37. The number of carbonyl (C=O) groups is 3. The number of amides is 3. The van der Waals surface area contributed by atoms with Gasteiger partial charge in [0.1, 0.15) is 6.54 Å². The smallest absolute Gasteiger partial charge is 0.263 e. The number of anilines is 1. The van der Waals surface area contributed by atoms with Crippen LogP contribution in [-0.4, -0.2) is 29.2 Å². The van der Waals surface area contributed by atoms with E-state index in [0.29, 0.717) is 15.6 Å². The first-order valence-electron chi connectivity index (χ1n) is 7.66. The predicted molar refractivity (Wildman–Crippen MR) is 99.8 cm³/mol. The number of nitrogens with one attached hydrogen (secondary N) is 1. The summed E-state index contributed by atoms with van der Waals surface area (Å²) in [6.45, 7) is -0.412. The number of imide groups is 1. The molecule has 0 radical (unpaired) electrons. The van der Waals surface area contributed by atoms with Crippen LogP contribution in [0.15, 0.2) is 41.5 Å². The summed E-state index contributed by atoms with van der Waals surface area (Å²) in [5.74, 6) is -1.61. The van der Waals surface area contributed by atoms with E-state index in [4.69, 9.17) is 28.7 Å². The van der Waals surface area contributed by atoms with Crippen molar-refractivity contribution in [1.29, 1.82) is 0 Å². The van der Waals surface area contributed by atoms with Gasteiger partial charge in [-0.05, 0) is 35.4 Å². The third-order valence-corrected chi connectivity index (χ3v) is 4.61. The summed E-state index contributed by atoms with van der Waals surface area (Å²) in [6.07, 6.45) is 0. The van der Waals surface area contributed by atoms with Crippen molar-refractivity contribution in [3.8, 4) is 0 Å². The number of benzene rings is 2. The summed E-state index contributed by atoms with van der Waals surface area (Å²) in [7, 11) is 0. The van der Waals surface area contributed by atoms with Crippen molar-refractivity contribution in [2.45, 2.75) is 6.54 Å². The molecule has 10 heteroatoms. The molecule has 0 bridgehead atoms. The van der Waals surface area contributed by atoms with Crippen molar-refractivity contribution in [2.24, 2.45) is 5.11 Å². The summed E-state index contributed by atoms with van der Waals surface area (Å²) in [6, 6.07) is 9.39. The Labute approximate surface area is 163 Å². The molecule has 1 aliphatic heterocycles. The molecule has 2 aromatic rings. The number of rotatable bonds is 5. The number of hydrogen-bond acceptors (Lipinski definition) is 4. The van der Waals surface area contributed by atoms with Gasteiger partial charge in [0, 0.05) is 4.91 Å². The monoisotopic (exact) mass is 403 g/mol. The molecule has 1 N–H and O–H groups in total. The normalized spacial score (nSPS) is 12.6. The van der Waals surface area contributed by atoms with E-state index in [9.17, 15) is 14.4 Å². The highest BCUT2D eigenvalue weighted by molar-refractivity contribution is 6.42. The highest BCUT2D eigenvalue weighted by Gasteiger charge is 2.37. The van der Waals surface area contributed by atoms with Gasteiger partial charge in [0.05, 0.1) is 33.4 Å². The molecule has 0 atom stereocenters. The predicted octanol–water partition coefficient (Wildman–Crippen LogP) is 4.04. The zero-order valence-electron chi connectivity index (χ0n) is 13.6. The largest absolute Gasteiger partial charge is 0.325 e. The lowest BCUT2D eigenvalue weighted by Gasteiger charge is -2.14. The Morgan fingerprint density at radius 2 is 1.93 bits per heavy atom. The van der Waals surface area contributed by atoms with Crippen molar-refractivity contribution in [3.63, 3.8) is 0 Å². The van der Waals surface area contributed by atoms with Crippen molar-refractivity contribution in [2.75, 3.05) is 11.9 Å². The molecule has 1 aliphatic rings. The molecule has 0 saturated carbocycles. The number of hydrogen-bond donors (Lipinski definition) is 1. The molecule has 0 aliphatic carbocycles. The molecule has 3 amide bonds. The molecule has 1 heterocycles. The highest BCUT2D eigenvalue weighted by atomic mass is 35.5. The van der Waals surface area contributed by atoms with Crippen molar-refractivity contribution < 1.29 is 14.4 Å². The third-order valence-electron chi connectivity index (χ3n) is 3.88. The maximum Gasteiger partial charge on any atom is 0.263 e. The summed E-state index contributed by atoms with van der Waals surface area (Å²) >= 11 is 11.9. The number of nitrogens with zero attached hydrogens (tertiary/aromatic N) is 4. The lowest BCUT2D eigenvalue weighted by Crippen LogP contribution is -2.29. The van der Waals surface area contributed by atoms with E-state index in [2.05, 4.69) is 15.3 Å². The van der Waals surface area contributed by atoms with Crippen LogP contribution in [0.1, 0.15) is 26.3 Å². The quantitative estimate of drug-likeness (QED) is 0.351. The standard InChI is InChI=1S/C17H11Cl2N5O3/c18-11-5-4-9(6-12(11)19)8-24-16(26)10-2-1-3-13(15(10)17(24)27)22-14(25)7-21-23-20/h1-6H,7-8H2,(H,22,25). The van der Waals surface area contributed by atoms with Crippen LogP contribution in [-0.2, 0) is 11.3 Å². The van der Waals surface area contributed by atoms with Gasteiger partial charge in [-0.3, -0.25) is 19.3 Å². The van der Waals surface area contributed by atoms with Gasteiger partial charge in [-0.1, -0.05) is 40.4 Å². The van der Waals surface area contributed by atoms with Gasteiger partial charge in [-0.25, -0.2) is 0 Å². The van der Waals surface area contributed by atoms with E-state index in [1.165, 1.54) is 12.1 Å². The molecule has 2 aromatic carbocycles. The van der Waals surface area contributed by atoms with E-state index in [1.54, 1.807) is 24.3 Å². The van der Waals surface area contributed by atoms with Gasteiger partial charge in [0.25, 0.3) is 11.8 Å². The summed E-state index contributed by atoms with van der Waals surface area (Å²) in [5, 5.41) is 6.34. The van der Waals surface area contributed by atoms with Crippen LogP contribution in [0.25, 0.3) is 10.4 Å². The van der Waals surface area contributed by atoms with Crippen molar-refractivity contribution >= 4 is 46.6 Å². The Morgan fingerprint density at radius 1 is 1.15 bits per heavy atom. The second kappa shape index (κ2) is 7.67. The molecule has 8 nitrogen and oxygen atoms in total. The van der Waals surface area contributed by atoms with Crippen LogP contribution >= 0.6 is 23.2 Å². The zero-order valence-corrected chi connectivity index (χ0v) is 15.2. The van der Waals surface area contributed by atoms with Gasteiger partial charge in [-0.15, -0.1) is 0 Å². The molecular weight excluding hydrogens is 393 g/mol. The molecule has 3 rings (SSSR count). The fraction of sp³-hybridized carbons (Fsp3) is 0.118. The molecule has 0 unspecified atom stereocenters. The minimum Gasteiger partial charge on any atom is -0.325 e. The zero-order chi connectivity index (χ0) is 19.6. The Kier molecular flexibility index (Phi) is 5.32. The molecule has 0 spiro atoms. The van der Waals surface area contributed by atoms with Gasteiger partial charge in [-0.2, -0.15) is 0 Å². The molecule has 0 fully saturated rings. The maximum absolute atomic E-state index is 12.8. The van der Waals surface area contributed by atoms with Gasteiger partial charge < -0.3 is 5.32 Å². The number of azide groups is 1. The first-order valence-corrected chi connectivity index (χ1v) is 8.42. The van der Waals surface area contributed by atoms with E-state index in [0.717, 1.165) is 4.90 Å². The summed E-state index contributed by atoms with van der Waals surface area (Å²) < 4.78 is 0. The highest BCUT2D eigenvalue weighted by Crippen LogP contribution is 2.31. The average Bonchev–Trinajstić information content (AvgIpc) is 2.89. The SMILES string of the molecule is [N-]=[N+]=NCC(=O)Nc1cccc2c1C(=O)N(Cc1ccc(Cl)c(Cl)c1)C2=O. The van der Waals surface area contributed by atoms with Crippen molar-refractivity contribution in [3.05, 3.63) is 73.6 Å². The molecule has 0 saturated heterocycles. The molecule has 136 valence electrons. The second-order valence-corrected chi connectivity index (χ2v) is 6.42. The van der Waals surface area contributed by atoms with Crippen LogP contribution < -0.4 is 5.32 Å². The molecule has 0 aromatic heterocycles. The van der Waals surface area contributed by atoms with Gasteiger partial charge in [0.2, 0.25) is 5.91 Å². The Bertz CT molecular complexity index is 1020. The van der Waals surface area contributed by atoms with Crippen LogP contribution in [0.5, 0.6) is 0 Å². The van der Waals surface area contributed by atoms with E-state index < -0.39 is 24.3 Å². The van der Waals surface area contributed by atoms with E-state index in [-0.39, 0.29) is 23.4 Å². The Balaban J connectivity index is 1.88. The lowest BCUT2D eigenvalue weighted by molar-refractivity contribution is -0.114. The van der Waals surface area contributed by atoms with Crippen molar-refractivity contribution in [1.82, 2.24) is 4.90 Å². The number of carbonyl (C=O) groups excluding carboxylic acids is 3. The van der Waals surface area contributed by atoms with Gasteiger partial charge in [0.15, 0.2) is 0 Å². The molecular formula is C17H11Cl2N5O3. The first-order chi connectivity index (χ1) is 12.9. The van der Waals surface area contributed by atoms with Crippen LogP contribution in [0.3, 0.4) is 0 Å². The average molecular weight is 404 g/mol. The fourth-order valence-electron chi connectivity index (χ4n) is 2.69. The fourth-order valence-corrected chi connectivity index (χ4v) is 3.01. The minimum atomic E-state index is -0.593. The third kappa shape index (κ3) is 3.73. The lowest BCUT2D eigenvalue weighted by atomic mass is 10.1. The van der Waals surface area contributed by atoms with Gasteiger partial charge >= 0.3 is 0 Å². The number of halogens is 2. The topological polar surface area (TPSA) is 115 Å². The Morgan fingerprint density at radius 3 is 2.63 bits per heavy atom. The van der Waals surface area contributed by atoms with E-state index >= 15 is 0 Å². The summed E-state index contributed by atoms with van der Waals surface area (Å²) in [4.78, 5) is 40.8.